The van der Waals surface area contributed by atoms with Crippen molar-refractivity contribution < 1.29 is 19.0 Å². The van der Waals surface area contributed by atoms with Crippen molar-refractivity contribution in [1.29, 1.82) is 0 Å². The van der Waals surface area contributed by atoms with Crippen LogP contribution < -0.4 is 19.1 Å². The van der Waals surface area contributed by atoms with E-state index >= 15 is 0 Å². The molecular formula is C20H20N2O4. The van der Waals surface area contributed by atoms with Gasteiger partial charge in [-0.25, -0.2) is 4.98 Å². The van der Waals surface area contributed by atoms with Crippen molar-refractivity contribution in [3.05, 3.63) is 41.6 Å². The average Bonchev–Trinajstić information content (AvgIpc) is 3.14. The van der Waals surface area contributed by atoms with E-state index in [0.717, 1.165) is 30.0 Å². The molecule has 2 aromatic rings. The minimum atomic E-state index is -0.227. The fourth-order valence-corrected chi connectivity index (χ4v) is 4.07. The van der Waals surface area contributed by atoms with Gasteiger partial charge in [0, 0.05) is 42.4 Å². The molecule has 0 amide bonds. The maximum atomic E-state index is 12.3. The van der Waals surface area contributed by atoms with E-state index in [4.69, 9.17) is 14.2 Å². The third kappa shape index (κ3) is 2.57. The molecule has 6 heteroatoms. The first-order valence-corrected chi connectivity index (χ1v) is 9.14. The summed E-state index contributed by atoms with van der Waals surface area (Å²) in [5, 5.41) is 0. The summed E-state index contributed by atoms with van der Waals surface area (Å²) in [6.45, 7) is 2.22. The van der Waals surface area contributed by atoms with Crippen LogP contribution in [0.4, 0.5) is 5.82 Å². The quantitative estimate of drug-likeness (QED) is 0.611. The number of anilines is 1. The van der Waals surface area contributed by atoms with Crippen molar-refractivity contribution in [3.63, 3.8) is 0 Å². The molecule has 1 atom stereocenters. The van der Waals surface area contributed by atoms with Crippen LogP contribution in [0.15, 0.2) is 30.5 Å². The number of carbonyl (C=O) groups is 1. The van der Waals surface area contributed by atoms with E-state index in [0.29, 0.717) is 23.7 Å². The summed E-state index contributed by atoms with van der Waals surface area (Å²) in [5.41, 5.74) is 2.03. The van der Waals surface area contributed by atoms with E-state index in [1.165, 1.54) is 19.3 Å². The lowest BCUT2D eigenvalue weighted by Crippen LogP contribution is -2.32. The molecule has 134 valence electrons. The van der Waals surface area contributed by atoms with Crippen molar-refractivity contribution in [2.75, 3.05) is 24.8 Å². The molecule has 3 aliphatic heterocycles. The monoisotopic (exact) mass is 352 g/mol. The second-order valence-corrected chi connectivity index (χ2v) is 6.94. The minimum Gasteiger partial charge on any atom is -0.454 e. The van der Waals surface area contributed by atoms with E-state index in [1.807, 2.05) is 18.3 Å². The predicted molar refractivity (Wildman–Crippen MR) is 95.0 cm³/mol. The number of nitrogens with zero attached hydrogens (tertiary/aromatic N) is 2. The molecule has 0 radical (unpaired) electrons. The van der Waals surface area contributed by atoms with Gasteiger partial charge in [-0.15, -0.1) is 0 Å². The van der Waals surface area contributed by atoms with Gasteiger partial charge >= 0.3 is 5.97 Å². The molecule has 4 heterocycles. The zero-order chi connectivity index (χ0) is 17.5. The number of carbonyl (C=O) groups excluding carboxylic acids is 1. The number of esters is 1. The van der Waals surface area contributed by atoms with E-state index in [-0.39, 0.29) is 18.7 Å². The molecule has 1 fully saturated rings. The molecule has 1 saturated heterocycles. The molecule has 5 rings (SSSR count). The van der Waals surface area contributed by atoms with Crippen LogP contribution in [0, 0.1) is 0 Å². The number of ether oxygens (including phenoxy) is 3. The molecule has 0 spiro atoms. The van der Waals surface area contributed by atoms with Crippen molar-refractivity contribution in [2.45, 2.75) is 31.6 Å². The summed E-state index contributed by atoms with van der Waals surface area (Å²) in [4.78, 5) is 19.3. The number of hydrogen-bond acceptors (Lipinski definition) is 6. The number of fused-ring (bicyclic) bond motifs is 2. The average molecular weight is 352 g/mol. The van der Waals surface area contributed by atoms with Gasteiger partial charge in [-0.2, -0.15) is 0 Å². The van der Waals surface area contributed by atoms with Crippen LogP contribution in [0.1, 0.15) is 42.7 Å². The standard InChI is InChI=1S/C20H20N2O4/c23-19-10-14(15-9-17-18(25-12-24-17)11-16(15)26-19)13-5-4-6-21-20(13)22-7-2-1-3-8-22/h4-6,9,11,14H,1-3,7-8,10,12H2. The minimum absolute atomic E-state index is 0.0913. The van der Waals surface area contributed by atoms with Crippen molar-refractivity contribution in [1.82, 2.24) is 4.98 Å². The lowest BCUT2D eigenvalue weighted by Gasteiger charge is -2.32. The topological polar surface area (TPSA) is 60.9 Å². The maximum Gasteiger partial charge on any atom is 0.312 e. The van der Waals surface area contributed by atoms with Crippen LogP contribution in [0.3, 0.4) is 0 Å². The lowest BCUT2D eigenvalue weighted by molar-refractivity contribution is -0.135. The van der Waals surface area contributed by atoms with E-state index in [1.54, 1.807) is 6.07 Å². The highest BCUT2D eigenvalue weighted by molar-refractivity contribution is 5.79. The Labute approximate surface area is 151 Å². The summed E-state index contributed by atoms with van der Waals surface area (Å²) < 4.78 is 16.4. The van der Waals surface area contributed by atoms with Gasteiger partial charge in [-0.3, -0.25) is 4.79 Å². The van der Waals surface area contributed by atoms with Gasteiger partial charge in [0.1, 0.15) is 11.6 Å². The predicted octanol–water partition coefficient (Wildman–Crippen LogP) is 3.24. The Bertz CT molecular complexity index is 861. The van der Waals surface area contributed by atoms with E-state index in [9.17, 15) is 4.79 Å². The number of rotatable bonds is 2. The Morgan fingerprint density at radius 2 is 1.81 bits per heavy atom. The summed E-state index contributed by atoms with van der Waals surface area (Å²) in [5.74, 6) is 2.55. The number of hydrogen-bond donors (Lipinski definition) is 0. The molecule has 0 N–H and O–H groups in total. The highest BCUT2D eigenvalue weighted by atomic mass is 16.7. The fourth-order valence-electron chi connectivity index (χ4n) is 4.07. The van der Waals surface area contributed by atoms with Crippen LogP contribution in [0.25, 0.3) is 0 Å². The third-order valence-electron chi connectivity index (χ3n) is 5.32. The highest BCUT2D eigenvalue weighted by Crippen LogP contribution is 2.47. The van der Waals surface area contributed by atoms with Crippen molar-refractivity contribution >= 4 is 11.8 Å². The number of pyridine rings is 1. The van der Waals surface area contributed by atoms with Gasteiger partial charge in [0.05, 0.1) is 6.42 Å². The van der Waals surface area contributed by atoms with Gasteiger partial charge < -0.3 is 19.1 Å². The van der Waals surface area contributed by atoms with Crippen LogP contribution in [-0.4, -0.2) is 30.8 Å². The molecule has 0 bridgehead atoms. The van der Waals surface area contributed by atoms with Gasteiger partial charge in [0.25, 0.3) is 0 Å². The van der Waals surface area contributed by atoms with Gasteiger partial charge in [0.2, 0.25) is 6.79 Å². The molecule has 3 aliphatic rings. The first-order chi connectivity index (χ1) is 12.8. The number of piperidine rings is 1. The number of benzene rings is 1. The Hall–Kier alpha value is -2.76. The van der Waals surface area contributed by atoms with Crippen LogP contribution in [-0.2, 0) is 4.79 Å². The molecule has 0 saturated carbocycles. The van der Waals surface area contributed by atoms with Gasteiger partial charge in [0.15, 0.2) is 11.5 Å². The van der Waals surface area contributed by atoms with E-state index < -0.39 is 0 Å². The smallest absolute Gasteiger partial charge is 0.312 e. The lowest BCUT2D eigenvalue weighted by atomic mass is 9.86. The molecule has 1 unspecified atom stereocenters. The van der Waals surface area contributed by atoms with E-state index in [2.05, 4.69) is 16.0 Å². The van der Waals surface area contributed by atoms with Crippen molar-refractivity contribution in [3.8, 4) is 17.2 Å². The largest absolute Gasteiger partial charge is 0.454 e. The SMILES string of the molecule is O=C1CC(c2cccnc2N2CCCCC2)c2cc3c(cc2O1)OCO3. The van der Waals surface area contributed by atoms with Crippen LogP contribution in [0.5, 0.6) is 17.2 Å². The molecule has 0 aliphatic carbocycles. The second kappa shape index (κ2) is 6.20. The molecule has 1 aromatic heterocycles. The summed E-state index contributed by atoms with van der Waals surface area (Å²) in [6, 6.07) is 7.73. The van der Waals surface area contributed by atoms with Crippen LogP contribution in [0.2, 0.25) is 0 Å². The molecule has 1 aromatic carbocycles. The van der Waals surface area contributed by atoms with Gasteiger partial charge in [-0.1, -0.05) is 6.07 Å². The second-order valence-electron chi connectivity index (χ2n) is 6.94. The Kier molecular flexibility index (Phi) is 3.69. The normalized spacial score (nSPS) is 21.3. The van der Waals surface area contributed by atoms with Crippen molar-refractivity contribution in [2.24, 2.45) is 0 Å². The van der Waals surface area contributed by atoms with Gasteiger partial charge in [-0.05, 0) is 31.4 Å². The first kappa shape index (κ1) is 15.5. The Balaban J connectivity index is 1.60. The Morgan fingerprint density at radius 3 is 2.65 bits per heavy atom. The molecule has 26 heavy (non-hydrogen) atoms. The first-order valence-electron chi connectivity index (χ1n) is 9.14. The highest BCUT2D eigenvalue weighted by Gasteiger charge is 2.34. The molecule has 6 nitrogen and oxygen atoms in total. The summed E-state index contributed by atoms with van der Waals surface area (Å²) in [7, 11) is 0. The summed E-state index contributed by atoms with van der Waals surface area (Å²) in [6.07, 6.45) is 5.76. The third-order valence-corrected chi connectivity index (χ3v) is 5.32. The maximum absolute atomic E-state index is 12.3. The zero-order valence-corrected chi connectivity index (χ0v) is 14.4. The van der Waals surface area contributed by atoms with Crippen LogP contribution >= 0.6 is 0 Å². The zero-order valence-electron chi connectivity index (χ0n) is 14.4. The number of aromatic nitrogens is 1. The molecular weight excluding hydrogens is 332 g/mol. The Morgan fingerprint density at radius 1 is 1.00 bits per heavy atom. The summed E-state index contributed by atoms with van der Waals surface area (Å²) >= 11 is 0. The fraction of sp³-hybridized carbons (Fsp3) is 0.400.